The molecule has 0 aromatic heterocycles. The van der Waals surface area contributed by atoms with Gasteiger partial charge in [-0.25, -0.2) is 8.42 Å². The molecule has 0 radical (unpaired) electrons. The standard InChI is InChI=1S/C28H39N3O6S/c1-29(23(20-30-14-8-9-15-30)21-12-6-5-7-13-21)25(32)19-22-18-24(35-2)26(36-3)27(37-4)28(22)38(33,34)31-16-10-11-17-31/h5-7,12-13,18,23H,8-11,14-17,19-20H2,1-4H3/t23-/m1/s1. The van der Waals surface area contributed by atoms with Gasteiger partial charge in [0, 0.05) is 26.7 Å². The van der Waals surface area contributed by atoms with Gasteiger partial charge in [0.1, 0.15) is 4.90 Å². The van der Waals surface area contributed by atoms with E-state index in [9.17, 15) is 13.2 Å². The Hall–Kier alpha value is -2.82. The van der Waals surface area contributed by atoms with E-state index in [0.717, 1.165) is 50.9 Å². The van der Waals surface area contributed by atoms with Gasteiger partial charge in [-0.05, 0) is 56.0 Å². The highest BCUT2D eigenvalue weighted by Gasteiger charge is 2.36. The van der Waals surface area contributed by atoms with Crippen LogP contribution in [0, 0.1) is 0 Å². The van der Waals surface area contributed by atoms with E-state index in [-0.39, 0.29) is 34.8 Å². The topological polar surface area (TPSA) is 88.6 Å². The molecule has 0 saturated carbocycles. The SMILES string of the molecule is COc1cc(CC(=O)N(C)[C@H](CN2CCCC2)c2ccccc2)c(S(=O)(=O)N2CCCC2)c(OC)c1OC. The summed E-state index contributed by atoms with van der Waals surface area (Å²) in [4.78, 5) is 17.9. The third-order valence-corrected chi connectivity index (χ3v) is 9.55. The predicted molar refractivity (Wildman–Crippen MR) is 145 cm³/mol. The lowest BCUT2D eigenvalue weighted by molar-refractivity contribution is -0.131. The molecule has 1 amide bonds. The first-order valence-corrected chi connectivity index (χ1v) is 14.6. The van der Waals surface area contributed by atoms with Crippen LogP contribution in [0.5, 0.6) is 17.2 Å². The first-order chi connectivity index (χ1) is 18.3. The highest BCUT2D eigenvalue weighted by molar-refractivity contribution is 7.89. The molecule has 1 atom stereocenters. The molecule has 0 bridgehead atoms. The van der Waals surface area contributed by atoms with Crippen LogP contribution in [0.4, 0.5) is 0 Å². The van der Waals surface area contributed by atoms with Crippen LogP contribution in [0.15, 0.2) is 41.3 Å². The van der Waals surface area contributed by atoms with Crippen LogP contribution in [-0.4, -0.2) is 89.5 Å². The van der Waals surface area contributed by atoms with Crippen molar-refractivity contribution >= 4 is 15.9 Å². The third-order valence-electron chi connectivity index (χ3n) is 7.54. The zero-order chi connectivity index (χ0) is 27.3. The molecule has 2 fully saturated rings. The van der Waals surface area contributed by atoms with Crippen LogP contribution in [-0.2, 0) is 21.2 Å². The van der Waals surface area contributed by atoms with E-state index >= 15 is 0 Å². The molecule has 2 saturated heterocycles. The average Bonchev–Trinajstić information content (AvgIpc) is 3.66. The number of benzene rings is 2. The van der Waals surface area contributed by atoms with Gasteiger partial charge < -0.3 is 24.0 Å². The van der Waals surface area contributed by atoms with Crippen LogP contribution in [0.2, 0.25) is 0 Å². The number of rotatable bonds is 11. The monoisotopic (exact) mass is 545 g/mol. The number of hydrogen-bond donors (Lipinski definition) is 0. The number of carbonyl (C=O) groups is 1. The van der Waals surface area contributed by atoms with E-state index in [4.69, 9.17) is 14.2 Å². The largest absolute Gasteiger partial charge is 0.493 e. The molecule has 9 nitrogen and oxygen atoms in total. The van der Waals surface area contributed by atoms with Crippen molar-refractivity contribution in [2.45, 2.75) is 43.0 Å². The molecular formula is C28H39N3O6S. The lowest BCUT2D eigenvalue weighted by Crippen LogP contribution is -2.39. The summed E-state index contributed by atoms with van der Waals surface area (Å²) in [6, 6.07) is 11.4. The maximum atomic E-state index is 13.9. The molecule has 10 heteroatoms. The third kappa shape index (κ3) is 5.77. The number of ether oxygens (including phenoxy) is 3. The predicted octanol–water partition coefficient (Wildman–Crippen LogP) is 3.33. The summed E-state index contributed by atoms with van der Waals surface area (Å²) in [6.45, 7) is 3.60. The Morgan fingerprint density at radius 1 is 0.921 bits per heavy atom. The maximum Gasteiger partial charge on any atom is 0.247 e. The Balaban J connectivity index is 1.73. The van der Waals surface area contributed by atoms with Crippen molar-refractivity contribution in [3.63, 3.8) is 0 Å². The average molecular weight is 546 g/mol. The molecular weight excluding hydrogens is 506 g/mol. The number of likely N-dealkylation sites (N-methyl/N-ethyl adjacent to an activating group) is 1. The lowest BCUT2D eigenvalue weighted by Gasteiger charge is -2.32. The molecule has 38 heavy (non-hydrogen) atoms. The van der Waals surface area contributed by atoms with Crippen LogP contribution in [0.1, 0.15) is 42.9 Å². The van der Waals surface area contributed by atoms with Gasteiger partial charge in [-0.2, -0.15) is 4.31 Å². The molecule has 0 aliphatic carbocycles. The maximum absolute atomic E-state index is 13.9. The second kappa shape index (κ2) is 12.4. The van der Waals surface area contributed by atoms with Gasteiger partial charge in [0.15, 0.2) is 11.5 Å². The minimum atomic E-state index is -3.94. The summed E-state index contributed by atoms with van der Waals surface area (Å²) in [5.41, 5.74) is 1.38. The second-order valence-electron chi connectivity index (χ2n) is 9.86. The fourth-order valence-electron chi connectivity index (χ4n) is 5.45. The molecule has 2 aliphatic rings. The molecule has 4 rings (SSSR count). The van der Waals surface area contributed by atoms with E-state index in [2.05, 4.69) is 4.90 Å². The molecule has 0 unspecified atom stereocenters. The molecule has 2 aromatic carbocycles. The van der Waals surface area contributed by atoms with Gasteiger partial charge in [0.25, 0.3) is 0 Å². The number of methoxy groups -OCH3 is 3. The summed E-state index contributed by atoms with van der Waals surface area (Å²) < 4.78 is 45.8. The quantitative estimate of drug-likeness (QED) is 0.428. The fourth-order valence-corrected chi connectivity index (χ4v) is 7.32. The summed E-state index contributed by atoms with van der Waals surface area (Å²) in [5.74, 6) is 0.367. The number of carbonyl (C=O) groups excluding carboxylic acids is 1. The van der Waals surface area contributed by atoms with Crippen LogP contribution in [0.25, 0.3) is 0 Å². The Kier molecular flexibility index (Phi) is 9.17. The fraction of sp³-hybridized carbons (Fsp3) is 0.536. The van der Waals surface area contributed by atoms with Crippen LogP contribution in [0.3, 0.4) is 0 Å². The van der Waals surface area contributed by atoms with Crippen molar-refractivity contribution in [2.24, 2.45) is 0 Å². The lowest BCUT2D eigenvalue weighted by atomic mass is 10.0. The molecule has 2 heterocycles. The smallest absolute Gasteiger partial charge is 0.247 e. The van der Waals surface area contributed by atoms with E-state index in [1.165, 1.54) is 25.6 Å². The number of nitrogens with zero attached hydrogens (tertiary/aromatic N) is 3. The zero-order valence-electron chi connectivity index (χ0n) is 22.8. The van der Waals surface area contributed by atoms with Gasteiger partial charge in [-0.1, -0.05) is 30.3 Å². The summed E-state index contributed by atoms with van der Waals surface area (Å²) in [7, 11) is 2.17. The Labute approximate surface area is 226 Å². The van der Waals surface area contributed by atoms with Crippen molar-refractivity contribution < 1.29 is 27.4 Å². The second-order valence-corrected chi connectivity index (χ2v) is 11.7. The van der Waals surface area contributed by atoms with E-state index in [1.54, 1.807) is 18.0 Å². The summed E-state index contributed by atoms with van der Waals surface area (Å²) in [6.07, 6.45) is 3.77. The molecule has 2 aromatic rings. The van der Waals surface area contributed by atoms with Crippen LogP contribution >= 0.6 is 0 Å². The highest BCUT2D eigenvalue weighted by Crippen LogP contribution is 2.45. The Bertz CT molecular complexity index is 1210. The first kappa shape index (κ1) is 28.2. The van der Waals surface area contributed by atoms with Gasteiger partial charge >= 0.3 is 0 Å². The number of likely N-dealkylation sites (tertiary alicyclic amines) is 1. The zero-order valence-corrected chi connectivity index (χ0v) is 23.6. The van der Waals surface area contributed by atoms with E-state index in [1.807, 2.05) is 30.3 Å². The number of hydrogen-bond acceptors (Lipinski definition) is 7. The van der Waals surface area contributed by atoms with E-state index in [0.29, 0.717) is 24.4 Å². The van der Waals surface area contributed by atoms with Gasteiger partial charge in [-0.15, -0.1) is 0 Å². The Morgan fingerprint density at radius 3 is 2.11 bits per heavy atom. The van der Waals surface area contributed by atoms with Crippen molar-refractivity contribution in [3.8, 4) is 17.2 Å². The van der Waals surface area contributed by atoms with Crippen LogP contribution < -0.4 is 14.2 Å². The van der Waals surface area contributed by atoms with Crippen molar-refractivity contribution in [3.05, 3.63) is 47.5 Å². The minimum Gasteiger partial charge on any atom is -0.493 e. The van der Waals surface area contributed by atoms with Crippen molar-refractivity contribution in [2.75, 3.05) is 61.1 Å². The number of amides is 1. The highest BCUT2D eigenvalue weighted by atomic mass is 32.2. The van der Waals surface area contributed by atoms with Gasteiger partial charge in [0.05, 0.1) is 33.8 Å². The first-order valence-electron chi connectivity index (χ1n) is 13.2. The van der Waals surface area contributed by atoms with Gasteiger partial charge in [0.2, 0.25) is 21.7 Å². The summed E-state index contributed by atoms with van der Waals surface area (Å²) >= 11 is 0. The van der Waals surface area contributed by atoms with Crippen molar-refractivity contribution in [1.82, 2.24) is 14.1 Å². The van der Waals surface area contributed by atoms with E-state index < -0.39 is 10.0 Å². The van der Waals surface area contributed by atoms with Crippen molar-refractivity contribution in [1.29, 1.82) is 0 Å². The minimum absolute atomic E-state index is 0.0305. The normalized spacial score (nSPS) is 17.4. The molecule has 0 spiro atoms. The number of sulfonamides is 1. The molecule has 2 aliphatic heterocycles. The molecule has 0 N–H and O–H groups in total. The summed E-state index contributed by atoms with van der Waals surface area (Å²) in [5, 5.41) is 0. The molecule has 208 valence electrons. The van der Waals surface area contributed by atoms with Gasteiger partial charge in [-0.3, -0.25) is 4.79 Å². The Morgan fingerprint density at radius 2 is 1.53 bits per heavy atom.